The molecule has 0 saturated carbocycles. The fourth-order valence-corrected chi connectivity index (χ4v) is 5.41. The molecule has 1 atom stereocenters. The van der Waals surface area contributed by atoms with Crippen molar-refractivity contribution in [3.63, 3.8) is 0 Å². The number of fused-ring (bicyclic) bond motifs is 1. The fraction of sp³-hybridized carbons (Fsp3) is 0.375. The number of carbonyl (C=O) groups excluding carboxylic acids is 3. The zero-order chi connectivity index (χ0) is 24.5. The van der Waals surface area contributed by atoms with E-state index in [9.17, 15) is 14.4 Å². The number of imide groups is 1. The molecule has 9 nitrogen and oxygen atoms in total. The summed E-state index contributed by atoms with van der Waals surface area (Å²) in [7, 11) is 3.09. The zero-order valence-corrected chi connectivity index (χ0v) is 20.3. The van der Waals surface area contributed by atoms with Crippen molar-refractivity contribution >= 4 is 45.0 Å². The number of carbonyl (C=O) groups is 3. The van der Waals surface area contributed by atoms with E-state index < -0.39 is 5.41 Å². The Balaban J connectivity index is 1.59. The largest absolute Gasteiger partial charge is 0.480 e. The Morgan fingerprint density at radius 1 is 1.21 bits per heavy atom. The second-order valence-corrected chi connectivity index (χ2v) is 9.16. The van der Waals surface area contributed by atoms with Crippen LogP contribution >= 0.6 is 11.3 Å². The van der Waals surface area contributed by atoms with Crippen molar-refractivity contribution in [3.05, 3.63) is 46.1 Å². The highest BCUT2D eigenvalue weighted by molar-refractivity contribution is 7.20. The van der Waals surface area contributed by atoms with E-state index in [0.29, 0.717) is 51.7 Å². The van der Waals surface area contributed by atoms with Crippen LogP contribution in [0, 0.1) is 6.92 Å². The summed E-state index contributed by atoms with van der Waals surface area (Å²) in [5, 5.41) is 6.08. The van der Waals surface area contributed by atoms with Gasteiger partial charge in [0.25, 0.3) is 5.91 Å². The van der Waals surface area contributed by atoms with Gasteiger partial charge in [0.05, 0.1) is 22.8 Å². The van der Waals surface area contributed by atoms with Crippen LogP contribution in [-0.2, 0) is 26.3 Å². The summed E-state index contributed by atoms with van der Waals surface area (Å²) in [4.78, 5) is 47.3. The molecule has 1 aliphatic heterocycles. The van der Waals surface area contributed by atoms with E-state index in [-0.39, 0.29) is 24.3 Å². The monoisotopic (exact) mass is 482 g/mol. The Morgan fingerprint density at radius 3 is 2.56 bits per heavy atom. The maximum atomic E-state index is 13.1. The average Bonchev–Trinajstić information content (AvgIpc) is 3.16. The number of nitrogens with zero attached hydrogens (tertiary/aromatic N) is 2. The van der Waals surface area contributed by atoms with Crippen LogP contribution in [0.4, 0.5) is 5.69 Å². The van der Waals surface area contributed by atoms with Gasteiger partial charge in [-0.25, -0.2) is 4.98 Å². The lowest BCUT2D eigenvalue weighted by Crippen LogP contribution is -2.51. The summed E-state index contributed by atoms with van der Waals surface area (Å²) >= 11 is 1.27. The molecule has 2 N–H and O–H groups in total. The minimum atomic E-state index is -0.742. The molecule has 1 aromatic carbocycles. The summed E-state index contributed by atoms with van der Waals surface area (Å²) in [6, 6.07) is 7.21. The van der Waals surface area contributed by atoms with E-state index in [1.807, 2.05) is 26.0 Å². The third-order valence-electron chi connectivity index (χ3n) is 6.24. The third-order valence-corrected chi connectivity index (χ3v) is 7.43. The minimum absolute atomic E-state index is 0.239. The minimum Gasteiger partial charge on any atom is -0.480 e. The first-order valence-corrected chi connectivity index (χ1v) is 11.7. The number of thiophene rings is 1. The van der Waals surface area contributed by atoms with Gasteiger partial charge in [0.2, 0.25) is 17.7 Å². The number of aryl methyl sites for hydroxylation is 1. The van der Waals surface area contributed by atoms with Crippen LogP contribution in [-0.4, -0.2) is 41.9 Å². The number of benzene rings is 1. The Labute approximate surface area is 200 Å². The first-order chi connectivity index (χ1) is 16.3. The van der Waals surface area contributed by atoms with Crippen molar-refractivity contribution in [2.24, 2.45) is 0 Å². The highest BCUT2D eigenvalue weighted by Crippen LogP contribution is 2.37. The fourth-order valence-electron chi connectivity index (χ4n) is 4.33. The highest BCUT2D eigenvalue weighted by atomic mass is 32.1. The Bertz CT molecular complexity index is 1270. The lowest BCUT2D eigenvalue weighted by atomic mass is 9.72. The van der Waals surface area contributed by atoms with Gasteiger partial charge >= 0.3 is 0 Å². The van der Waals surface area contributed by atoms with E-state index >= 15 is 0 Å². The van der Waals surface area contributed by atoms with Gasteiger partial charge in [0, 0.05) is 19.2 Å². The molecule has 0 bridgehead atoms. The van der Waals surface area contributed by atoms with E-state index in [2.05, 4.69) is 20.6 Å². The number of hydrogen-bond donors (Lipinski definition) is 2. The van der Waals surface area contributed by atoms with E-state index in [0.717, 1.165) is 11.1 Å². The Kier molecular flexibility index (Phi) is 6.63. The van der Waals surface area contributed by atoms with Crippen LogP contribution in [0.25, 0.3) is 10.2 Å². The third kappa shape index (κ3) is 4.14. The number of hydrogen-bond acceptors (Lipinski definition) is 8. The molecule has 3 amide bonds. The molecule has 1 fully saturated rings. The Hall–Kier alpha value is -3.37. The maximum absolute atomic E-state index is 13.1. The summed E-state index contributed by atoms with van der Waals surface area (Å²) < 4.78 is 10.6. The highest BCUT2D eigenvalue weighted by Gasteiger charge is 2.42. The summed E-state index contributed by atoms with van der Waals surface area (Å²) in [6.45, 7) is 4.01. The number of rotatable bonds is 7. The second-order valence-electron chi connectivity index (χ2n) is 8.16. The first kappa shape index (κ1) is 23.8. The SMILES string of the molecule is CCC1(c2ccc(NC(=O)c3sc4nc(COC)nc(OC)c4c3C)cc2)CCC(=O)NC1=O. The molecule has 1 aliphatic rings. The molecule has 3 heterocycles. The van der Waals surface area contributed by atoms with Crippen molar-refractivity contribution in [1.82, 2.24) is 15.3 Å². The smallest absolute Gasteiger partial charge is 0.266 e. The van der Waals surface area contributed by atoms with Crippen LogP contribution in [0.2, 0.25) is 0 Å². The number of piperidine rings is 1. The summed E-state index contributed by atoms with van der Waals surface area (Å²) in [6.07, 6.45) is 1.35. The predicted molar refractivity (Wildman–Crippen MR) is 128 cm³/mol. The maximum Gasteiger partial charge on any atom is 0.266 e. The van der Waals surface area contributed by atoms with Crippen molar-refractivity contribution < 1.29 is 23.9 Å². The second kappa shape index (κ2) is 9.47. The zero-order valence-electron chi connectivity index (χ0n) is 19.5. The van der Waals surface area contributed by atoms with E-state index in [4.69, 9.17) is 9.47 Å². The van der Waals surface area contributed by atoms with Gasteiger partial charge in [-0.1, -0.05) is 19.1 Å². The number of nitrogens with one attached hydrogen (secondary N) is 2. The standard InChI is InChI=1S/C24H26N4O5S/c1-5-24(11-10-17(29)28-23(24)31)14-6-8-15(9-7-14)25-20(30)19-13(2)18-21(33-4)26-16(12-32-3)27-22(18)34-19/h6-9H,5,10-12H2,1-4H3,(H,25,30)(H,28,29,31). The lowest BCUT2D eigenvalue weighted by molar-refractivity contribution is -0.138. The molecule has 1 unspecified atom stereocenters. The van der Waals surface area contributed by atoms with E-state index in [1.165, 1.54) is 18.4 Å². The molecule has 0 spiro atoms. The Morgan fingerprint density at radius 2 is 1.94 bits per heavy atom. The van der Waals surface area contributed by atoms with Crippen LogP contribution in [0.5, 0.6) is 5.88 Å². The lowest BCUT2D eigenvalue weighted by Gasteiger charge is -2.35. The number of methoxy groups -OCH3 is 2. The van der Waals surface area contributed by atoms with Gasteiger partial charge in [0.1, 0.15) is 11.4 Å². The molecular formula is C24H26N4O5S. The van der Waals surface area contributed by atoms with Gasteiger partial charge < -0.3 is 14.8 Å². The molecule has 10 heteroatoms. The van der Waals surface area contributed by atoms with Crippen LogP contribution in [0.1, 0.15) is 52.8 Å². The van der Waals surface area contributed by atoms with Crippen LogP contribution in [0.15, 0.2) is 24.3 Å². The van der Waals surface area contributed by atoms with Crippen molar-refractivity contribution in [1.29, 1.82) is 0 Å². The van der Waals surface area contributed by atoms with Gasteiger partial charge in [0.15, 0.2) is 5.82 Å². The molecule has 34 heavy (non-hydrogen) atoms. The van der Waals surface area contributed by atoms with Gasteiger partial charge in [-0.15, -0.1) is 11.3 Å². The van der Waals surface area contributed by atoms with Crippen LogP contribution in [0.3, 0.4) is 0 Å². The van der Waals surface area contributed by atoms with Gasteiger partial charge in [-0.2, -0.15) is 4.98 Å². The van der Waals surface area contributed by atoms with E-state index in [1.54, 1.807) is 19.2 Å². The van der Waals surface area contributed by atoms with Crippen molar-refractivity contribution in [2.45, 2.75) is 45.1 Å². The number of aromatic nitrogens is 2. The molecule has 2 aromatic heterocycles. The van der Waals surface area contributed by atoms with Gasteiger partial charge in [-0.3, -0.25) is 19.7 Å². The topological polar surface area (TPSA) is 120 Å². The summed E-state index contributed by atoms with van der Waals surface area (Å²) in [5.74, 6) is 0.103. The predicted octanol–water partition coefficient (Wildman–Crippen LogP) is 3.49. The molecule has 4 rings (SSSR count). The molecule has 0 aliphatic carbocycles. The molecular weight excluding hydrogens is 456 g/mol. The first-order valence-electron chi connectivity index (χ1n) is 10.9. The number of anilines is 1. The van der Waals surface area contributed by atoms with Crippen molar-refractivity contribution in [3.8, 4) is 5.88 Å². The molecule has 3 aromatic rings. The molecule has 178 valence electrons. The molecule has 0 radical (unpaired) electrons. The van der Waals surface area contributed by atoms with Crippen LogP contribution < -0.4 is 15.4 Å². The molecule has 1 saturated heterocycles. The average molecular weight is 483 g/mol. The normalized spacial score (nSPS) is 18.1. The van der Waals surface area contributed by atoms with Crippen molar-refractivity contribution in [2.75, 3.05) is 19.5 Å². The summed E-state index contributed by atoms with van der Waals surface area (Å²) in [5.41, 5.74) is 1.42. The van der Waals surface area contributed by atoms with Gasteiger partial charge in [-0.05, 0) is 43.0 Å². The number of amides is 3. The quantitative estimate of drug-likeness (QED) is 0.495. The number of ether oxygens (including phenoxy) is 2.